The fraction of sp³-hybridized carbons (Fsp3) is 1.00. The molecule has 1 fully saturated rings. The molecule has 0 unspecified atom stereocenters. The molecular weight excluding hydrogens is 158 g/mol. The first kappa shape index (κ1) is 13.0. The second kappa shape index (κ2) is 7.37. The van der Waals surface area contributed by atoms with Gasteiger partial charge in [0.1, 0.15) is 0 Å². The summed E-state index contributed by atoms with van der Waals surface area (Å²) >= 11 is 0. The Hall–Kier alpha value is -0.0400. The normalized spacial score (nSPS) is 17.8. The van der Waals surface area contributed by atoms with Crippen molar-refractivity contribution in [2.45, 2.75) is 59.4 Å². The van der Waals surface area contributed by atoms with E-state index in [1.165, 1.54) is 32.2 Å². The molecule has 1 nitrogen and oxygen atoms in total. The molecule has 0 amide bonds. The molecular formula is C12H27N. The van der Waals surface area contributed by atoms with Gasteiger partial charge in [-0.3, -0.25) is 0 Å². The Kier molecular flexibility index (Phi) is 7.35. The molecule has 1 heteroatoms. The molecule has 1 saturated carbocycles. The van der Waals surface area contributed by atoms with E-state index in [9.17, 15) is 0 Å². The number of hydrogen-bond donors (Lipinski definition) is 0. The van der Waals surface area contributed by atoms with E-state index in [0.29, 0.717) is 0 Å². The van der Waals surface area contributed by atoms with Crippen LogP contribution >= 0.6 is 0 Å². The van der Waals surface area contributed by atoms with Crippen molar-refractivity contribution < 1.29 is 0 Å². The maximum Gasteiger partial charge on any atom is 0.00356 e. The van der Waals surface area contributed by atoms with Crippen LogP contribution in [0.3, 0.4) is 0 Å². The SMILES string of the molecule is CC.CC(C)N(C)CC1CCCC1. The summed E-state index contributed by atoms with van der Waals surface area (Å²) in [6.45, 7) is 9.86. The minimum Gasteiger partial charge on any atom is -0.304 e. The van der Waals surface area contributed by atoms with Gasteiger partial charge >= 0.3 is 0 Å². The lowest BCUT2D eigenvalue weighted by atomic mass is 10.1. The second-order valence-corrected chi connectivity index (χ2v) is 4.18. The van der Waals surface area contributed by atoms with Gasteiger partial charge in [-0.2, -0.15) is 0 Å². The minimum atomic E-state index is 0.718. The molecule has 1 aliphatic carbocycles. The number of nitrogens with zero attached hydrogens (tertiary/aromatic N) is 1. The lowest BCUT2D eigenvalue weighted by molar-refractivity contribution is 0.231. The summed E-state index contributed by atoms with van der Waals surface area (Å²) in [4.78, 5) is 2.47. The highest BCUT2D eigenvalue weighted by Crippen LogP contribution is 2.25. The van der Waals surface area contributed by atoms with Crippen LogP contribution in [0, 0.1) is 5.92 Å². The summed E-state index contributed by atoms with van der Waals surface area (Å²) in [5, 5.41) is 0. The molecule has 1 aliphatic rings. The zero-order chi connectivity index (χ0) is 10.3. The van der Waals surface area contributed by atoms with Crippen LogP contribution in [0.25, 0.3) is 0 Å². The molecule has 0 aromatic carbocycles. The summed E-state index contributed by atoms with van der Waals surface area (Å²) in [7, 11) is 2.24. The Labute approximate surface area is 84.5 Å². The van der Waals surface area contributed by atoms with Gasteiger partial charge in [0.25, 0.3) is 0 Å². The average Bonchev–Trinajstić information content (AvgIpc) is 2.60. The largest absolute Gasteiger partial charge is 0.304 e. The molecule has 0 atom stereocenters. The summed E-state index contributed by atoms with van der Waals surface area (Å²) in [6.07, 6.45) is 5.88. The molecule has 0 aromatic rings. The highest BCUT2D eigenvalue weighted by Gasteiger charge is 2.17. The topological polar surface area (TPSA) is 3.24 Å². The van der Waals surface area contributed by atoms with Crippen LogP contribution in [0.2, 0.25) is 0 Å². The molecule has 0 N–H and O–H groups in total. The molecule has 0 saturated heterocycles. The summed E-state index contributed by atoms with van der Waals surface area (Å²) in [5.74, 6) is 1.00. The van der Waals surface area contributed by atoms with Crippen molar-refractivity contribution in [2.75, 3.05) is 13.6 Å². The number of rotatable bonds is 3. The molecule has 0 heterocycles. The number of hydrogen-bond acceptors (Lipinski definition) is 1. The maximum absolute atomic E-state index is 2.47. The smallest absolute Gasteiger partial charge is 0.00356 e. The maximum atomic E-state index is 2.47. The molecule has 0 spiro atoms. The molecule has 80 valence electrons. The van der Waals surface area contributed by atoms with Gasteiger partial charge in [0.2, 0.25) is 0 Å². The van der Waals surface area contributed by atoms with Crippen LogP contribution in [-0.4, -0.2) is 24.5 Å². The van der Waals surface area contributed by atoms with E-state index in [1.807, 2.05) is 13.8 Å². The van der Waals surface area contributed by atoms with Crippen molar-refractivity contribution in [1.82, 2.24) is 4.90 Å². The standard InChI is InChI=1S/C10H21N.C2H6/c1-9(2)11(3)8-10-6-4-5-7-10;1-2/h9-10H,4-8H2,1-3H3;1-2H3. The van der Waals surface area contributed by atoms with E-state index in [2.05, 4.69) is 25.8 Å². The van der Waals surface area contributed by atoms with Gasteiger partial charge < -0.3 is 4.90 Å². The van der Waals surface area contributed by atoms with E-state index in [1.54, 1.807) is 0 Å². The quantitative estimate of drug-likeness (QED) is 0.650. The summed E-state index contributed by atoms with van der Waals surface area (Å²) in [5.41, 5.74) is 0. The van der Waals surface area contributed by atoms with E-state index in [0.717, 1.165) is 12.0 Å². The molecule has 0 bridgehead atoms. The first-order chi connectivity index (χ1) is 6.20. The average molecular weight is 185 g/mol. The Balaban J connectivity index is 0.000000671. The second-order valence-electron chi connectivity index (χ2n) is 4.18. The van der Waals surface area contributed by atoms with Crippen LogP contribution in [0.5, 0.6) is 0 Å². The first-order valence-corrected chi connectivity index (χ1v) is 5.90. The van der Waals surface area contributed by atoms with Crippen LogP contribution in [0.15, 0.2) is 0 Å². The van der Waals surface area contributed by atoms with Crippen molar-refractivity contribution in [1.29, 1.82) is 0 Å². The van der Waals surface area contributed by atoms with Crippen molar-refractivity contribution in [3.8, 4) is 0 Å². The van der Waals surface area contributed by atoms with E-state index in [4.69, 9.17) is 0 Å². The fourth-order valence-corrected chi connectivity index (χ4v) is 1.81. The van der Waals surface area contributed by atoms with Gasteiger partial charge in [0.05, 0.1) is 0 Å². The zero-order valence-electron chi connectivity index (χ0n) is 10.1. The van der Waals surface area contributed by atoms with Crippen molar-refractivity contribution >= 4 is 0 Å². The Morgan fingerprint density at radius 1 is 1.15 bits per heavy atom. The van der Waals surface area contributed by atoms with Gasteiger partial charge in [0.15, 0.2) is 0 Å². The zero-order valence-corrected chi connectivity index (χ0v) is 10.1. The van der Waals surface area contributed by atoms with E-state index < -0.39 is 0 Å². The third kappa shape index (κ3) is 5.30. The molecule has 1 rings (SSSR count). The lowest BCUT2D eigenvalue weighted by Gasteiger charge is -2.24. The van der Waals surface area contributed by atoms with Crippen molar-refractivity contribution in [2.24, 2.45) is 5.92 Å². The Morgan fingerprint density at radius 2 is 1.62 bits per heavy atom. The monoisotopic (exact) mass is 185 g/mol. The van der Waals surface area contributed by atoms with Crippen LogP contribution in [0.4, 0.5) is 0 Å². The van der Waals surface area contributed by atoms with Gasteiger partial charge in [-0.1, -0.05) is 26.7 Å². The van der Waals surface area contributed by atoms with Gasteiger partial charge in [-0.15, -0.1) is 0 Å². The van der Waals surface area contributed by atoms with Crippen LogP contribution in [-0.2, 0) is 0 Å². The van der Waals surface area contributed by atoms with Crippen LogP contribution in [0.1, 0.15) is 53.4 Å². The van der Waals surface area contributed by atoms with E-state index >= 15 is 0 Å². The third-order valence-corrected chi connectivity index (χ3v) is 2.90. The Morgan fingerprint density at radius 3 is 2.00 bits per heavy atom. The third-order valence-electron chi connectivity index (χ3n) is 2.90. The predicted octanol–water partition coefficient (Wildman–Crippen LogP) is 3.54. The van der Waals surface area contributed by atoms with Gasteiger partial charge in [0, 0.05) is 12.6 Å². The van der Waals surface area contributed by atoms with E-state index in [-0.39, 0.29) is 0 Å². The first-order valence-electron chi connectivity index (χ1n) is 5.90. The van der Waals surface area contributed by atoms with Crippen molar-refractivity contribution in [3.63, 3.8) is 0 Å². The summed E-state index contributed by atoms with van der Waals surface area (Å²) in [6, 6.07) is 0.718. The molecule has 13 heavy (non-hydrogen) atoms. The highest BCUT2D eigenvalue weighted by atomic mass is 15.1. The fourth-order valence-electron chi connectivity index (χ4n) is 1.81. The van der Waals surface area contributed by atoms with Gasteiger partial charge in [-0.05, 0) is 39.7 Å². The minimum absolute atomic E-state index is 0.718. The molecule has 0 aliphatic heterocycles. The summed E-state index contributed by atoms with van der Waals surface area (Å²) < 4.78 is 0. The van der Waals surface area contributed by atoms with Gasteiger partial charge in [-0.25, -0.2) is 0 Å². The molecule has 0 radical (unpaired) electrons. The lowest BCUT2D eigenvalue weighted by Crippen LogP contribution is -2.30. The Bertz CT molecular complexity index is 104. The predicted molar refractivity (Wildman–Crippen MR) is 61.1 cm³/mol. The van der Waals surface area contributed by atoms with Crippen molar-refractivity contribution in [3.05, 3.63) is 0 Å². The molecule has 0 aromatic heterocycles. The highest BCUT2D eigenvalue weighted by molar-refractivity contribution is 4.71. The van der Waals surface area contributed by atoms with Crippen LogP contribution < -0.4 is 0 Å².